The minimum absolute atomic E-state index is 0.0955. The Hall–Kier alpha value is -1.26. The first-order valence-electron chi connectivity index (χ1n) is 6.18. The van der Waals surface area contributed by atoms with Gasteiger partial charge < -0.3 is 35.6 Å². The molecule has 5 atom stereocenters. The molecule has 0 spiro atoms. The molecule has 1 heterocycles. The zero-order valence-electron chi connectivity index (χ0n) is 10.7. The van der Waals surface area contributed by atoms with Crippen molar-refractivity contribution in [1.82, 2.24) is 5.32 Å². The van der Waals surface area contributed by atoms with Crippen LogP contribution < -0.4 is 5.32 Å². The largest absolute Gasteiger partial charge is 0.481 e. The lowest BCUT2D eigenvalue weighted by Crippen LogP contribution is -2.64. The van der Waals surface area contributed by atoms with Crippen molar-refractivity contribution >= 4 is 11.9 Å². The van der Waals surface area contributed by atoms with E-state index in [4.69, 9.17) is 14.9 Å². The van der Waals surface area contributed by atoms with Crippen molar-refractivity contribution < 1.29 is 39.9 Å². The fourth-order valence-electron chi connectivity index (χ4n) is 1.91. The number of aliphatic carboxylic acids is 1. The molecule has 0 radical (unpaired) electrons. The topological polar surface area (TPSA) is 157 Å². The molecular weight excluding hydrogens is 274 g/mol. The van der Waals surface area contributed by atoms with E-state index in [1.807, 2.05) is 0 Å². The van der Waals surface area contributed by atoms with Gasteiger partial charge in [0.15, 0.2) is 6.29 Å². The number of ether oxygens (including phenoxy) is 1. The first-order chi connectivity index (χ1) is 9.36. The summed E-state index contributed by atoms with van der Waals surface area (Å²) < 4.78 is 4.86. The highest BCUT2D eigenvalue weighted by Crippen LogP contribution is 2.19. The zero-order valence-corrected chi connectivity index (χ0v) is 10.7. The number of rotatable bonds is 6. The second kappa shape index (κ2) is 7.50. The lowest BCUT2D eigenvalue weighted by Gasteiger charge is -2.40. The molecule has 1 saturated heterocycles. The highest BCUT2D eigenvalue weighted by atomic mass is 16.6. The molecule has 1 aliphatic rings. The average Bonchev–Trinajstić information content (AvgIpc) is 2.38. The molecular formula is C11H19NO8. The van der Waals surface area contributed by atoms with Crippen molar-refractivity contribution in [3.63, 3.8) is 0 Å². The number of hydrogen-bond donors (Lipinski definition) is 6. The van der Waals surface area contributed by atoms with Gasteiger partial charge in [0.05, 0.1) is 6.61 Å². The molecule has 9 heteroatoms. The van der Waals surface area contributed by atoms with Crippen LogP contribution in [0, 0.1) is 0 Å². The van der Waals surface area contributed by atoms with Gasteiger partial charge in [-0.2, -0.15) is 0 Å². The minimum Gasteiger partial charge on any atom is -0.481 e. The summed E-state index contributed by atoms with van der Waals surface area (Å²) in [6, 6.07) is -1.25. The van der Waals surface area contributed by atoms with E-state index in [9.17, 15) is 24.9 Å². The average molecular weight is 293 g/mol. The van der Waals surface area contributed by atoms with E-state index >= 15 is 0 Å². The van der Waals surface area contributed by atoms with Crippen molar-refractivity contribution in [2.24, 2.45) is 0 Å². The number of aliphatic hydroxyl groups excluding tert-OH is 4. The number of carbonyl (C=O) groups is 2. The van der Waals surface area contributed by atoms with Crippen molar-refractivity contribution in [3.8, 4) is 0 Å². The van der Waals surface area contributed by atoms with Gasteiger partial charge in [0.2, 0.25) is 5.91 Å². The van der Waals surface area contributed by atoms with Crippen LogP contribution in [0.2, 0.25) is 0 Å². The Morgan fingerprint density at radius 1 is 1.10 bits per heavy atom. The maximum Gasteiger partial charge on any atom is 0.303 e. The molecule has 1 amide bonds. The Morgan fingerprint density at radius 2 is 1.75 bits per heavy atom. The second-order valence-electron chi connectivity index (χ2n) is 4.57. The van der Waals surface area contributed by atoms with Crippen LogP contribution >= 0.6 is 0 Å². The summed E-state index contributed by atoms with van der Waals surface area (Å²) in [5, 5.41) is 48.6. The smallest absolute Gasteiger partial charge is 0.303 e. The molecule has 6 N–H and O–H groups in total. The normalized spacial score (nSPS) is 33.7. The first kappa shape index (κ1) is 16.8. The summed E-state index contributed by atoms with van der Waals surface area (Å²) in [4.78, 5) is 21.8. The van der Waals surface area contributed by atoms with E-state index in [0.717, 1.165) is 0 Å². The third-order valence-corrected chi connectivity index (χ3v) is 3.02. The summed E-state index contributed by atoms with van der Waals surface area (Å²) in [6.45, 7) is -0.589. The summed E-state index contributed by atoms with van der Waals surface area (Å²) >= 11 is 0. The second-order valence-corrected chi connectivity index (χ2v) is 4.57. The van der Waals surface area contributed by atoms with Gasteiger partial charge in [-0.1, -0.05) is 0 Å². The molecule has 116 valence electrons. The number of carboxylic acids is 1. The maximum absolute atomic E-state index is 11.5. The molecule has 1 rings (SSSR count). The molecule has 0 saturated carbocycles. The Labute approximate surface area is 114 Å². The monoisotopic (exact) mass is 293 g/mol. The van der Waals surface area contributed by atoms with E-state index in [2.05, 4.69) is 5.32 Å². The van der Waals surface area contributed by atoms with Gasteiger partial charge in [-0.3, -0.25) is 9.59 Å². The molecule has 1 aliphatic heterocycles. The lowest BCUT2D eigenvalue weighted by atomic mass is 9.97. The van der Waals surface area contributed by atoms with Crippen molar-refractivity contribution in [2.45, 2.75) is 49.9 Å². The maximum atomic E-state index is 11.5. The Kier molecular flexibility index (Phi) is 6.30. The number of aliphatic hydroxyl groups is 4. The van der Waals surface area contributed by atoms with Crippen LogP contribution in [-0.4, -0.2) is 74.7 Å². The molecule has 0 aromatic carbocycles. The van der Waals surface area contributed by atoms with Crippen molar-refractivity contribution in [1.29, 1.82) is 0 Å². The number of carbonyl (C=O) groups excluding carboxylic acids is 1. The van der Waals surface area contributed by atoms with Crippen LogP contribution in [0.1, 0.15) is 19.3 Å². The van der Waals surface area contributed by atoms with Gasteiger partial charge in [-0.25, -0.2) is 0 Å². The Bertz CT molecular complexity index is 349. The van der Waals surface area contributed by atoms with Crippen LogP contribution in [-0.2, 0) is 14.3 Å². The number of carboxylic acid groups (broad SMARTS) is 1. The van der Waals surface area contributed by atoms with Gasteiger partial charge in [-0.05, 0) is 6.42 Å². The van der Waals surface area contributed by atoms with Crippen LogP contribution in [0.15, 0.2) is 0 Å². The lowest BCUT2D eigenvalue weighted by molar-refractivity contribution is -0.253. The molecule has 0 aromatic rings. The van der Waals surface area contributed by atoms with E-state index in [1.165, 1.54) is 0 Å². The zero-order chi connectivity index (χ0) is 15.3. The van der Waals surface area contributed by atoms with Crippen molar-refractivity contribution in [3.05, 3.63) is 0 Å². The Morgan fingerprint density at radius 3 is 2.30 bits per heavy atom. The quantitative estimate of drug-likeness (QED) is 0.306. The third kappa shape index (κ3) is 4.39. The highest BCUT2D eigenvalue weighted by Gasteiger charge is 2.44. The minimum atomic E-state index is -1.58. The third-order valence-electron chi connectivity index (χ3n) is 3.02. The number of nitrogens with one attached hydrogen (secondary N) is 1. The molecule has 1 fully saturated rings. The Balaban J connectivity index is 2.49. The summed E-state index contributed by atoms with van der Waals surface area (Å²) in [6.07, 6.45) is -5.82. The number of amides is 1. The summed E-state index contributed by atoms with van der Waals surface area (Å²) in [7, 11) is 0. The van der Waals surface area contributed by atoms with Gasteiger partial charge in [0.25, 0.3) is 0 Å². The van der Waals surface area contributed by atoms with E-state index in [0.29, 0.717) is 0 Å². The molecule has 3 unspecified atom stereocenters. The molecule has 0 aromatic heterocycles. The number of hydrogen-bond acceptors (Lipinski definition) is 7. The highest BCUT2D eigenvalue weighted by molar-refractivity contribution is 5.77. The summed E-state index contributed by atoms with van der Waals surface area (Å²) in [5.41, 5.74) is 0. The van der Waals surface area contributed by atoms with Gasteiger partial charge in [0, 0.05) is 12.8 Å². The van der Waals surface area contributed by atoms with E-state index in [1.54, 1.807) is 0 Å². The van der Waals surface area contributed by atoms with Crippen LogP contribution in [0.3, 0.4) is 0 Å². The predicted octanol–water partition coefficient (Wildman–Crippen LogP) is -2.84. The van der Waals surface area contributed by atoms with Gasteiger partial charge in [0.1, 0.15) is 24.4 Å². The molecule has 20 heavy (non-hydrogen) atoms. The summed E-state index contributed by atoms with van der Waals surface area (Å²) in [5.74, 6) is -1.60. The van der Waals surface area contributed by atoms with Gasteiger partial charge >= 0.3 is 5.97 Å². The fraction of sp³-hybridized carbons (Fsp3) is 0.818. The van der Waals surface area contributed by atoms with Crippen LogP contribution in [0.25, 0.3) is 0 Å². The fourth-order valence-corrected chi connectivity index (χ4v) is 1.91. The molecule has 0 aliphatic carbocycles. The van der Waals surface area contributed by atoms with E-state index < -0.39 is 49.1 Å². The van der Waals surface area contributed by atoms with Crippen LogP contribution in [0.5, 0.6) is 0 Å². The predicted molar refractivity (Wildman–Crippen MR) is 63.4 cm³/mol. The van der Waals surface area contributed by atoms with Crippen LogP contribution in [0.4, 0.5) is 0 Å². The first-order valence-corrected chi connectivity index (χ1v) is 6.18. The standard InChI is InChI=1S/C11H19NO8/c13-4-5-9(17)10(18)8(11(19)20-5)12-6(14)2-1-3-7(15)16/h5,8-11,13,17-19H,1-4H2,(H,12,14)(H,15,16)/t5?,8?,9?,10-,11-/m1/s1. The molecule has 9 nitrogen and oxygen atoms in total. The van der Waals surface area contributed by atoms with Crippen molar-refractivity contribution in [2.75, 3.05) is 6.61 Å². The van der Waals surface area contributed by atoms with E-state index in [-0.39, 0.29) is 19.3 Å². The molecule has 0 bridgehead atoms. The SMILES string of the molecule is O=C(O)CCCC(=O)NC1[C@@H](O)C(O)C(CO)O[C@H]1O. The van der Waals surface area contributed by atoms with Gasteiger partial charge in [-0.15, -0.1) is 0 Å².